The molecule has 0 heterocycles. The molecule has 0 unspecified atom stereocenters. The monoisotopic (exact) mass is 516 g/mol. The number of benzene rings is 2. The maximum atomic E-state index is 13.3. The highest BCUT2D eigenvalue weighted by Gasteiger charge is 2.31. The fourth-order valence-electron chi connectivity index (χ4n) is 3.02. The molecule has 0 radical (unpaired) electrons. The molecule has 2 amide bonds. The predicted octanol–water partition coefficient (Wildman–Crippen LogP) is 2.83. The molecule has 0 saturated carbocycles. The Bertz CT molecular complexity index is 1150. The summed E-state index contributed by atoms with van der Waals surface area (Å²) < 4.78 is 25.7. The fraction of sp³-hybridized carbons (Fsp3) is 0.300. The van der Waals surface area contributed by atoms with Gasteiger partial charge in [-0.2, -0.15) is 0 Å². The number of anilines is 1. The number of carbonyl (C=O) groups excluding carboxylic acids is 2. The minimum Gasteiger partial charge on any atom is -0.357 e. The van der Waals surface area contributed by atoms with Crippen LogP contribution in [0, 0.1) is 10.1 Å². The maximum absolute atomic E-state index is 13.3. The number of likely N-dealkylation sites (N-methyl/N-ethyl adjacent to an activating group) is 1. The van der Waals surface area contributed by atoms with Crippen LogP contribution < -0.4 is 9.62 Å². The molecule has 1 N–H and O–H groups in total. The molecule has 2 rings (SSSR count). The third kappa shape index (κ3) is 6.56. The Balaban J connectivity index is 2.48. The molecule has 10 nitrogen and oxygen atoms in total. The normalized spacial score (nSPS) is 12.0. The van der Waals surface area contributed by atoms with Gasteiger partial charge in [-0.1, -0.05) is 35.3 Å². The first-order chi connectivity index (χ1) is 15.4. The van der Waals surface area contributed by atoms with Crippen molar-refractivity contribution in [3.05, 3.63) is 68.2 Å². The lowest BCUT2D eigenvalue weighted by Crippen LogP contribution is -2.50. The SMILES string of the molecule is CNC(=O)[C@H](C)N(Cc1c(Cl)cccc1Cl)C(=O)CN(c1cccc([N+](=O)[O-])c1)S(C)(=O)=O. The first kappa shape index (κ1) is 26.4. The minimum atomic E-state index is -4.02. The highest BCUT2D eigenvalue weighted by Crippen LogP contribution is 2.28. The number of rotatable bonds is 9. The lowest BCUT2D eigenvalue weighted by molar-refractivity contribution is -0.384. The van der Waals surface area contributed by atoms with E-state index in [1.807, 2.05) is 0 Å². The number of nitro groups is 1. The number of non-ortho nitro benzene ring substituents is 1. The molecule has 13 heteroatoms. The molecule has 2 aromatic carbocycles. The van der Waals surface area contributed by atoms with Gasteiger partial charge in [0, 0.05) is 41.3 Å². The summed E-state index contributed by atoms with van der Waals surface area (Å²) in [6.45, 7) is 0.599. The van der Waals surface area contributed by atoms with Crippen molar-refractivity contribution in [2.75, 3.05) is 24.2 Å². The van der Waals surface area contributed by atoms with Crippen LogP contribution in [0.15, 0.2) is 42.5 Å². The summed E-state index contributed by atoms with van der Waals surface area (Å²) in [4.78, 5) is 37.2. The van der Waals surface area contributed by atoms with Gasteiger partial charge in [-0.25, -0.2) is 8.42 Å². The Morgan fingerprint density at radius 1 is 1.15 bits per heavy atom. The molecule has 0 aromatic heterocycles. The van der Waals surface area contributed by atoms with E-state index in [1.165, 1.54) is 32.2 Å². The Hall–Kier alpha value is -2.89. The summed E-state index contributed by atoms with van der Waals surface area (Å²) in [5.74, 6) is -1.23. The Morgan fingerprint density at radius 2 is 1.73 bits per heavy atom. The molecule has 2 aromatic rings. The van der Waals surface area contributed by atoms with Gasteiger partial charge in [-0.3, -0.25) is 24.0 Å². The van der Waals surface area contributed by atoms with Crippen molar-refractivity contribution in [2.45, 2.75) is 19.5 Å². The molecule has 0 spiro atoms. The van der Waals surface area contributed by atoms with Crippen molar-refractivity contribution >= 4 is 56.4 Å². The summed E-state index contributed by atoms with van der Waals surface area (Å²) >= 11 is 12.4. The number of nitrogens with one attached hydrogen (secondary N) is 1. The molecule has 0 aliphatic rings. The fourth-order valence-corrected chi connectivity index (χ4v) is 4.38. The topological polar surface area (TPSA) is 130 Å². The number of hydrogen-bond donors (Lipinski definition) is 1. The van der Waals surface area contributed by atoms with Gasteiger partial charge < -0.3 is 10.2 Å². The van der Waals surface area contributed by atoms with Gasteiger partial charge in [0.25, 0.3) is 5.69 Å². The van der Waals surface area contributed by atoms with E-state index in [-0.39, 0.29) is 28.0 Å². The van der Waals surface area contributed by atoms with Crippen molar-refractivity contribution in [2.24, 2.45) is 0 Å². The zero-order chi connectivity index (χ0) is 24.9. The van der Waals surface area contributed by atoms with Crippen molar-refractivity contribution in [3.8, 4) is 0 Å². The molecule has 178 valence electrons. The number of halogens is 2. The number of amides is 2. The van der Waals surface area contributed by atoms with E-state index in [0.717, 1.165) is 21.5 Å². The number of nitro benzene ring substituents is 1. The van der Waals surface area contributed by atoms with Gasteiger partial charge in [0.15, 0.2) is 0 Å². The van der Waals surface area contributed by atoms with Gasteiger partial charge in [0.1, 0.15) is 12.6 Å². The highest BCUT2D eigenvalue weighted by molar-refractivity contribution is 7.92. The number of nitrogens with zero attached hydrogens (tertiary/aromatic N) is 3. The van der Waals surface area contributed by atoms with Crippen LogP contribution in [0.1, 0.15) is 12.5 Å². The minimum absolute atomic E-state index is 0.0663. The molecule has 0 aliphatic heterocycles. The number of sulfonamides is 1. The van der Waals surface area contributed by atoms with E-state index < -0.39 is 39.3 Å². The van der Waals surface area contributed by atoms with Crippen molar-refractivity contribution in [1.82, 2.24) is 10.2 Å². The van der Waals surface area contributed by atoms with Crippen LogP contribution in [-0.4, -0.2) is 55.9 Å². The second kappa shape index (κ2) is 10.8. The van der Waals surface area contributed by atoms with Gasteiger partial charge in [0.05, 0.1) is 16.9 Å². The average Bonchev–Trinajstić information content (AvgIpc) is 2.75. The van der Waals surface area contributed by atoms with Crippen LogP contribution in [0.3, 0.4) is 0 Å². The Kier molecular flexibility index (Phi) is 8.64. The van der Waals surface area contributed by atoms with Crippen LogP contribution in [0.25, 0.3) is 0 Å². The molecule has 0 saturated heterocycles. The third-order valence-electron chi connectivity index (χ3n) is 4.81. The van der Waals surface area contributed by atoms with E-state index >= 15 is 0 Å². The maximum Gasteiger partial charge on any atom is 0.271 e. The van der Waals surface area contributed by atoms with Gasteiger partial charge in [0.2, 0.25) is 21.8 Å². The van der Waals surface area contributed by atoms with E-state index in [2.05, 4.69) is 5.32 Å². The Morgan fingerprint density at radius 3 is 2.24 bits per heavy atom. The summed E-state index contributed by atoms with van der Waals surface area (Å²) in [6.07, 6.45) is 0.872. The van der Waals surface area contributed by atoms with E-state index in [4.69, 9.17) is 23.2 Å². The standard InChI is InChI=1S/C20H22Cl2N4O6S/c1-13(20(28)23-2)24(11-16-17(21)8-5-9-18(16)22)19(27)12-25(33(3,31)32)14-6-4-7-15(10-14)26(29)30/h4-10,13H,11-12H2,1-3H3,(H,23,28)/t13-/m0/s1. The van der Waals surface area contributed by atoms with E-state index in [1.54, 1.807) is 18.2 Å². The summed E-state index contributed by atoms with van der Waals surface area (Å²) in [7, 11) is -2.62. The highest BCUT2D eigenvalue weighted by atomic mass is 35.5. The predicted molar refractivity (Wildman–Crippen MR) is 126 cm³/mol. The van der Waals surface area contributed by atoms with Crippen molar-refractivity contribution in [3.63, 3.8) is 0 Å². The molecule has 0 fully saturated rings. The first-order valence-electron chi connectivity index (χ1n) is 9.53. The summed E-state index contributed by atoms with van der Waals surface area (Å²) in [6, 6.07) is 8.65. The van der Waals surface area contributed by atoms with Gasteiger partial charge in [-0.15, -0.1) is 0 Å². The van der Waals surface area contributed by atoms with Crippen LogP contribution in [0.2, 0.25) is 10.0 Å². The molecule has 0 bridgehead atoms. The van der Waals surface area contributed by atoms with Crippen LogP contribution in [0.4, 0.5) is 11.4 Å². The molecular formula is C20H22Cl2N4O6S. The smallest absolute Gasteiger partial charge is 0.271 e. The number of carbonyl (C=O) groups is 2. The van der Waals surface area contributed by atoms with Crippen molar-refractivity contribution in [1.29, 1.82) is 0 Å². The summed E-state index contributed by atoms with van der Waals surface area (Å²) in [5.41, 5.74) is -0.0263. The lowest BCUT2D eigenvalue weighted by Gasteiger charge is -2.31. The third-order valence-corrected chi connectivity index (χ3v) is 6.66. The van der Waals surface area contributed by atoms with Crippen molar-refractivity contribution < 1.29 is 22.9 Å². The lowest BCUT2D eigenvalue weighted by atomic mass is 10.1. The van der Waals surface area contributed by atoms with Crippen LogP contribution in [0.5, 0.6) is 0 Å². The van der Waals surface area contributed by atoms with E-state index in [9.17, 15) is 28.1 Å². The average molecular weight is 517 g/mol. The zero-order valence-corrected chi connectivity index (χ0v) is 20.3. The van der Waals surface area contributed by atoms with Crippen LogP contribution >= 0.6 is 23.2 Å². The number of hydrogen-bond acceptors (Lipinski definition) is 6. The largest absolute Gasteiger partial charge is 0.357 e. The quantitative estimate of drug-likeness (QED) is 0.402. The zero-order valence-electron chi connectivity index (χ0n) is 18.0. The molecule has 0 aliphatic carbocycles. The molecule has 1 atom stereocenters. The van der Waals surface area contributed by atoms with E-state index in [0.29, 0.717) is 5.56 Å². The second-order valence-electron chi connectivity index (χ2n) is 7.06. The van der Waals surface area contributed by atoms with Gasteiger partial charge >= 0.3 is 0 Å². The summed E-state index contributed by atoms with van der Waals surface area (Å²) in [5, 5.41) is 14.1. The second-order valence-corrected chi connectivity index (χ2v) is 9.78. The molecule has 33 heavy (non-hydrogen) atoms. The molecular weight excluding hydrogens is 495 g/mol. The Labute approximate surface area is 201 Å². The first-order valence-corrected chi connectivity index (χ1v) is 12.1. The van der Waals surface area contributed by atoms with Crippen LogP contribution in [-0.2, 0) is 26.2 Å². The van der Waals surface area contributed by atoms with Gasteiger partial charge in [-0.05, 0) is 25.1 Å².